The van der Waals surface area contributed by atoms with Crippen LogP contribution in [0.2, 0.25) is 0 Å². The third-order valence-electron chi connectivity index (χ3n) is 4.75. The van der Waals surface area contributed by atoms with Crippen LogP contribution >= 0.6 is 23.1 Å². The molecule has 1 atom stereocenters. The number of ether oxygens (including phenoxy) is 1. The highest BCUT2D eigenvalue weighted by molar-refractivity contribution is 7.99. The lowest BCUT2D eigenvalue weighted by molar-refractivity contribution is -0.0385. The summed E-state index contributed by atoms with van der Waals surface area (Å²) in [5, 5.41) is 16.6. The summed E-state index contributed by atoms with van der Waals surface area (Å²) in [6, 6.07) is 0. The number of nitrogens with one attached hydrogen (secondary N) is 2. The number of thiophene rings is 1. The van der Waals surface area contributed by atoms with Gasteiger partial charge in [0.15, 0.2) is 5.16 Å². The molecule has 0 radical (unpaired) electrons. The summed E-state index contributed by atoms with van der Waals surface area (Å²) in [5.74, 6) is 1.65. The maximum absolute atomic E-state index is 6.05. The van der Waals surface area contributed by atoms with Crippen molar-refractivity contribution in [3.63, 3.8) is 0 Å². The predicted octanol–water partition coefficient (Wildman–Crippen LogP) is 2.34. The van der Waals surface area contributed by atoms with Crippen LogP contribution in [-0.4, -0.2) is 32.8 Å². The van der Waals surface area contributed by atoms with Crippen LogP contribution in [0.25, 0.3) is 5.00 Å². The molecule has 3 aliphatic heterocycles. The van der Waals surface area contributed by atoms with Crippen LogP contribution in [0.4, 0.5) is 5.95 Å². The summed E-state index contributed by atoms with van der Waals surface area (Å²) in [6.07, 6.45) is 2.91. The molecule has 0 amide bonds. The van der Waals surface area contributed by atoms with Crippen LogP contribution in [0, 0.1) is 0 Å². The van der Waals surface area contributed by atoms with Gasteiger partial charge < -0.3 is 4.74 Å². The molecule has 1 unspecified atom stereocenters. The summed E-state index contributed by atoms with van der Waals surface area (Å²) in [5.41, 5.74) is 6.01. The van der Waals surface area contributed by atoms with Gasteiger partial charge in [-0.2, -0.15) is 0 Å². The smallest absolute Gasteiger partial charge is 0.249 e. The van der Waals surface area contributed by atoms with Crippen molar-refractivity contribution < 1.29 is 4.74 Å². The molecule has 1 saturated heterocycles. The number of fused-ring (bicyclic) bond motifs is 8. The first-order valence-electron chi connectivity index (χ1n) is 8.33. The molecule has 0 aromatic carbocycles. The second-order valence-corrected chi connectivity index (χ2v) is 9.05. The van der Waals surface area contributed by atoms with E-state index in [0.29, 0.717) is 6.61 Å². The zero-order valence-electron chi connectivity index (χ0n) is 14.2. The minimum Gasteiger partial charge on any atom is -0.370 e. The maximum atomic E-state index is 6.05. The van der Waals surface area contributed by atoms with Crippen molar-refractivity contribution >= 4 is 29.0 Å². The molecule has 5 heterocycles. The lowest BCUT2D eigenvalue weighted by Crippen LogP contribution is -2.40. The van der Waals surface area contributed by atoms with Gasteiger partial charge in [-0.05, 0) is 19.4 Å². The van der Waals surface area contributed by atoms with E-state index in [1.165, 1.54) is 21.0 Å². The molecule has 2 N–H and O–H groups in total. The fourth-order valence-corrected chi connectivity index (χ4v) is 5.65. The number of hydrazine groups is 1. The fourth-order valence-electron chi connectivity index (χ4n) is 3.66. The van der Waals surface area contributed by atoms with Gasteiger partial charge in [-0.25, -0.2) is 9.99 Å². The minimum atomic E-state index is -0.132. The average molecular weight is 377 g/mol. The number of hydrogen-bond acceptors (Lipinski definition) is 8. The van der Waals surface area contributed by atoms with Crippen LogP contribution in [0.5, 0.6) is 0 Å². The molecule has 0 bridgehead atoms. The van der Waals surface area contributed by atoms with Gasteiger partial charge in [-0.3, -0.25) is 10.3 Å². The number of rotatable bonds is 3. The quantitative estimate of drug-likeness (QED) is 0.629. The third-order valence-corrected chi connectivity index (χ3v) is 6.88. The molecule has 5 rings (SSSR count). The van der Waals surface area contributed by atoms with E-state index >= 15 is 0 Å². The van der Waals surface area contributed by atoms with E-state index in [2.05, 4.69) is 50.9 Å². The summed E-state index contributed by atoms with van der Waals surface area (Å²) in [7, 11) is 0. The molecule has 7 nitrogen and oxygen atoms in total. The summed E-state index contributed by atoms with van der Waals surface area (Å²) >= 11 is 3.46. The average Bonchev–Trinajstić information content (AvgIpc) is 3.27. The van der Waals surface area contributed by atoms with Crippen molar-refractivity contribution in [2.75, 3.05) is 17.4 Å². The summed E-state index contributed by atoms with van der Waals surface area (Å²) < 4.78 is 8.22. The van der Waals surface area contributed by atoms with Crippen LogP contribution in [-0.2, 0) is 17.8 Å². The van der Waals surface area contributed by atoms with Crippen molar-refractivity contribution in [2.24, 2.45) is 0 Å². The Bertz CT molecular complexity index is 857. The van der Waals surface area contributed by atoms with Gasteiger partial charge >= 0.3 is 0 Å². The summed E-state index contributed by atoms with van der Waals surface area (Å²) in [6.45, 7) is 9.53. The van der Waals surface area contributed by atoms with Gasteiger partial charge in [-0.1, -0.05) is 17.8 Å². The van der Waals surface area contributed by atoms with E-state index in [1.807, 2.05) is 6.08 Å². The minimum absolute atomic E-state index is 0.0952. The highest BCUT2D eigenvalue weighted by atomic mass is 32.2. The molecule has 25 heavy (non-hydrogen) atoms. The first-order chi connectivity index (χ1) is 12.1. The fraction of sp³-hybridized carbons (Fsp3) is 0.500. The van der Waals surface area contributed by atoms with E-state index in [0.717, 1.165) is 29.9 Å². The number of thioether (sulfide) groups is 1. The van der Waals surface area contributed by atoms with Crippen LogP contribution in [0.3, 0.4) is 0 Å². The Labute approximate surface area is 154 Å². The molecule has 0 saturated carbocycles. The molecular weight excluding hydrogens is 356 g/mol. The van der Waals surface area contributed by atoms with Gasteiger partial charge in [0.1, 0.15) is 11.2 Å². The van der Waals surface area contributed by atoms with Gasteiger partial charge in [0.25, 0.3) is 0 Å². The molecule has 0 aliphatic carbocycles. The van der Waals surface area contributed by atoms with Crippen molar-refractivity contribution in [2.45, 2.75) is 43.8 Å². The second kappa shape index (κ2) is 5.55. The van der Waals surface area contributed by atoms with Gasteiger partial charge in [0.05, 0.1) is 18.9 Å². The van der Waals surface area contributed by atoms with Crippen LogP contribution in [0.1, 0.15) is 36.0 Å². The first kappa shape index (κ1) is 15.8. The molecule has 9 heteroatoms. The van der Waals surface area contributed by atoms with E-state index < -0.39 is 0 Å². The first-order valence-corrected chi connectivity index (χ1v) is 10.1. The lowest BCUT2D eigenvalue weighted by atomic mass is 9.92. The molecule has 3 aliphatic rings. The van der Waals surface area contributed by atoms with Gasteiger partial charge in [0.2, 0.25) is 5.95 Å². The van der Waals surface area contributed by atoms with Gasteiger partial charge in [-0.15, -0.1) is 28.1 Å². The van der Waals surface area contributed by atoms with E-state index in [9.17, 15) is 0 Å². The Morgan fingerprint density at radius 2 is 2.36 bits per heavy atom. The number of hydrogen-bond donors (Lipinski definition) is 2. The SMILES string of the molecule is C=CCSc1nnc2n1-c1sc3c(c1C1NCNN21)CC(C)(C)OC3. The number of nitrogens with zero attached hydrogens (tertiary/aromatic N) is 4. The molecule has 0 spiro atoms. The number of aromatic nitrogens is 3. The largest absolute Gasteiger partial charge is 0.370 e. The third kappa shape index (κ3) is 2.30. The van der Waals surface area contributed by atoms with Gasteiger partial charge in [0, 0.05) is 22.6 Å². The Morgan fingerprint density at radius 1 is 1.48 bits per heavy atom. The predicted molar refractivity (Wildman–Crippen MR) is 99.1 cm³/mol. The zero-order chi connectivity index (χ0) is 17.2. The number of anilines is 1. The maximum Gasteiger partial charge on any atom is 0.249 e. The highest BCUT2D eigenvalue weighted by Crippen LogP contribution is 2.48. The van der Waals surface area contributed by atoms with Crippen molar-refractivity contribution in [3.8, 4) is 5.00 Å². The monoisotopic (exact) mass is 376 g/mol. The Kier molecular flexibility index (Phi) is 3.52. The highest BCUT2D eigenvalue weighted by Gasteiger charge is 2.43. The summed E-state index contributed by atoms with van der Waals surface area (Å²) in [4.78, 5) is 1.32. The molecule has 2 aromatic heterocycles. The molecule has 132 valence electrons. The van der Waals surface area contributed by atoms with E-state index in [1.54, 1.807) is 23.1 Å². The Morgan fingerprint density at radius 3 is 3.20 bits per heavy atom. The lowest BCUT2D eigenvalue weighted by Gasteiger charge is -2.34. The molecular formula is C16H20N6OS2. The van der Waals surface area contributed by atoms with Crippen molar-refractivity contribution in [3.05, 3.63) is 28.7 Å². The van der Waals surface area contributed by atoms with Crippen LogP contribution in [0.15, 0.2) is 17.8 Å². The van der Waals surface area contributed by atoms with E-state index in [-0.39, 0.29) is 11.8 Å². The molecule has 2 aromatic rings. The van der Waals surface area contributed by atoms with Crippen molar-refractivity contribution in [1.82, 2.24) is 25.5 Å². The topological polar surface area (TPSA) is 67.2 Å². The molecule has 1 fully saturated rings. The van der Waals surface area contributed by atoms with E-state index in [4.69, 9.17) is 4.74 Å². The normalized spacial score (nSPS) is 23.0. The Hall–Kier alpha value is -1.39. The second-order valence-electron chi connectivity index (χ2n) is 6.98. The standard InChI is InChI=1S/C16H20N6OS2/c1-4-5-24-15-20-19-14-21(15)13-11(12-17-8-18-22(12)14)9-6-16(2,3)23-7-10(9)25-13/h4,12,17-18H,1,5-8H2,2-3H3. The van der Waals surface area contributed by atoms with Crippen LogP contribution < -0.4 is 15.8 Å². The van der Waals surface area contributed by atoms with Crippen molar-refractivity contribution in [1.29, 1.82) is 0 Å². The Balaban J connectivity index is 1.70. The zero-order valence-corrected chi connectivity index (χ0v) is 15.8.